The topological polar surface area (TPSA) is 64.7 Å². The average Bonchev–Trinajstić information content (AvgIpc) is 2.42. The molecule has 2 rings (SSSR count). The third-order valence-corrected chi connectivity index (χ3v) is 4.03. The fourth-order valence-electron chi connectivity index (χ4n) is 2.29. The van der Waals surface area contributed by atoms with Gasteiger partial charge in [-0.05, 0) is 52.4 Å². The van der Waals surface area contributed by atoms with E-state index in [1.165, 1.54) is 7.11 Å². The van der Waals surface area contributed by atoms with Crippen molar-refractivity contribution < 1.29 is 14.6 Å². The number of phenols is 1. The lowest BCUT2D eigenvalue weighted by molar-refractivity contribution is 0.0583. The maximum Gasteiger partial charge on any atom is 0.172 e. The lowest BCUT2D eigenvalue weighted by Crippen LogP contribution is -2.27. The first kappa shape index (κ1) is 16.6. The fraction of sp³-hybridized carbons (Fsp3) is 0.538. The Morgan fingerprint density at radius 2 is 2.05 bits per heavy atom. The highest BCUT2D eigenvalue weighted by molar-refractivity contribution is 9.10. The molecule has 3 N–H and O–H groups in total. The smallest absolute Gasteiger partial charge is 0.172 e. The predicted octanol–water partition coefficient (Wildman–Crippen LogP) is 3.01. The zero-order chi connectivity index (χ0) is 13.1. The number of aromatic hydroxyl groups is 1. The van der Waals surface area contributed by atoms with E-state index < -0.39 is 0 Å². The van der Waals surface area contributed by atoms with Crippen LogP contribution < -0.4 is 10.5 Å². The van der Waals surface area contributed by atoms with Crippen molar-refractivity contribution >= 4 is 28.3 Å². The van der Waals surface area contributed by atoms with Crippen LogP contribution in [0.1, 0.15) is 24.4 Å². The Bertz CT molecular complexity index is 425. The fourth-order valence-corrected chi connectivity index (χ4v) is 2.75. The summed E-state index contributed by atoms with van der Waals surface area (Å²) in [5, 5.41) is 9.78. The van der Waals surface area contributed by atoms with Gasteiger partial charge in [0.05, 0.1) is 11.6 Å². The van der Waals surface area contributed by atoms with Crippen LogP contribution in [0.5, 0.6) is 11.5 Å². The number of methoxy groups -OCH3 is 1. The van der Waals surface area contributed by atoms with Crippen molar-refractivity contribution in [3.63, 3.8) is 0 Å². The summed E-state index contributed by atoms with van der Waals surface area (Å²) in [7, 11) is 1.53. The van der Waals surface area contributed by atoms with E-state index in [9.17, 15) is 5.11 Å². The summed E-state index contributed by atoms with van der Waals surface area (Å²) in [5.41, 5.74) is 7.27. The Morgan fingerprint density at radius 3 is 2.63 bits per heavy atom. The molecule has 0 saturated carbocycles. The van der Waals surface area contributed by atoms with Crippen LogP contribution in [0.25, 0.3) is 0 Å². The maximum atomic E-state index is 9.78. The molecule has 0 radical (unpaired) electrons. The molecule has 0 amide bonds. The van der Waals surface area contributed by atoms with E-state index in [2.05, 4.69) is 15.9 Å². The van der Waals surface area contributed by atoms with Gasteiger partial charge in [0.25, 0.3) is 0 Å². The number of hydrogen-bond acceptors (Lipinski definition) is 4. The van der Waals surface area contributed by atoms with Crippen LogP contribution in [-0.2, 0) is 4.74 Å². The summed E-state index contributed by atoms with van der Waals surface area (Å²) in [6.07, 6.45) is 1.95. The van der Waals surface area contributed by atoms with Crippen LogP contribution in [0.4, 0.5) is 0 Å². The molecule has 4 nitrogen and oxygen atoms in total. The predicted molar refractivity (Wildman–Crippen MR) is 80.1 cm³/mol. The quantitative estimate of drug-likeness (QED) is 0.877. The number of rotatable bonds is 3. The standard InChI is InChI=1S/C13H18BrNO3.ClH/c1-17-11-7-9(6-10(14)13(11)16)12(15)8-2-4-18-5-3-8;/h6-8,12,16H,2-5,15H2,1H3;1H/t12-;/m0./s1. The summed E-state index contributed by atoms with van der Waals surface area (Å²) in [6, 6.07) is 3.61. The summed E-state index contributed by atoms with van der Waals surface area (Å²) in [4.78, 5) is 0. The van der Waals surface area contributed by atoms with Gasteiger partial charge in [-0.1, -0.05) is 0 Å². The summed E-state index contributed by atoms with van der Waals surface area (Å²) < 4.78 is 11.1. The molecule has 0 unspecified atom stereocenters. The highest BCUT2D eigenvalue weighted by atomic mass is 79.9. The SMILES string of the molecule is COc1cc([C@@H](N)C2CCOCC2)cc(Br)c1O.Cl. The number of nitrogens with two attached hydrogens (primary N) is 1. The van der Waals surface area contributed by atoms with E-state index in [-0.39, 0.29) is 24.2 Å². The number of phenolic OH excluding ortho intramolecular Hbond substituents is 1. The zero-order valence-electron chi connectivity index (χ0n) is 10.8. The number of benzene rings is 1. The molecule has 1 aromatic carbocycles. The number of hydrogen-bond donors (Lipinski definition) is 2. The molecule has 0 bridgehead atoms. The van der Waals surface area contributed by atoms with Gasteiger partial charge in [-0.2, -0.15) is 0 Å². The molecule has 1 atom stereocenters. The second kappa shape index (κ2) is 7.33. The van der Waals surface area contributed by atoms with Gasteiger partial charge in [0, 0.05) is 19.3 Å². The molecule has 1 aliphatic rings. The largest absolute Gasteiger partial charge is 0.503 e. The van der Waals surface area contributed by atoms with E-state index in [1.54, 1.807) is 6.07 Å². The van der Waals surface area contributed by atoms with Gasteiger partial charge in [-0.3, -0.25) is 0 Å². The van der Waals surface area contributed by atoms with E-state index >= 15 is 0 Å². The molecule has 1 aromatic rings. The van der Waals surface area contributed by atoms with Crippen LogP contribution in [0.15, 0.2) is 16.6 Å². The van der Waals surface area contributed by atoms with Crippen molar-refractivity contribution in [3.05, 3.63) is 22.2 Å². The van der Waals surface area contributed by atoms with Crippen molar-refractivity contribution in [1.29, 1.82) is 0 Å². The minimum atomic E-state index is -0.0558. The second-order valence-electron chi connectivity index (χ2n) is 4.53. The molecular weight excluding hydrogens is 334 g/mol. The van der Waals surface area contributed by atoms with Gasteiger partial charge in [0.2, 0.25) is 0 Å². The molecule has 0 spiro atoms. The van der Waals surface area contributed by atoms with Crippen LogP contribution in [-0.4, -0.2) is 25.4 Å². The van der Waals surface area contributed by atoms with E-state index in [1.807, 2.05) is 6.07 Å². The lowest BCUT2D eigenvalue weighted by Gasteiger charge is -2.28. The van der Waals surface area contributed by atoms with Crippen LogP contribution in [0.2, 0.25) is 0 Å². The van der Waals surface area contributed by atoms with Gasteiger partial charge in [-0.15, -0.1) is 12.4 Å². The summed E-state index contributed by atoms with van der Waals surface area (Å²) in [5.74, 6) is 0.974. The molecule has 0 aromatic heterocycles. The first-order valence-electron chi connectivity index (χ1n) is 6.03. The van der Waals surface area contributed by atoms with Crippen molar-refractivity contribution in [2.45, 2.75) is 18.9 Å². The lowest BCUT2D eigenvalue weighted by atomic mass is 9.88. The molecule has 19 heavy (non-hydrogen) atoms. The van der Waals surface area contributed by atoms with E-state index in [4.69, 9.17) is 15.2 Å². The van der Waals surface area contributed by atoms with Gasteiger partial charge in [0.1, 0.15) is 0 Å². The highest BCUT2D eigenvalue weighted by Crippen LogP contribution is 2.38. The monoisotopic (exact) mass is 351 g/mol. The van der Waals surface area contributed by atoms with Gasteiger partial charge in [0.15, 0.2) is 11.5 Å². The van der Waals surface area contributed by atoms with Crippen molar-refractivity contribution in [1.82, 2.24) is 0 Å². The molecule has 1 aliphatic heterocycles. The van der Waals surface area contributed by atoms with Crippen LogP contribution >= 0.6 is 28.3 Å². The first-order chi connectivity index (χ1) is 8.63. The van der Waals surface area contributed by atoms with E-state index in [0.29, 0.717) is 16.1 Å². The van der Waals surface area contributed by atoms with Gasteiger partial charge in [-0.25, -0.2) is 0 Å². The molecule has 1 saturated heterocycles. The Hall–Kier alpha value is -0.490. The van der Waals surface area contributed by atoms with Crippen LogP contribution in [0.3, 0.4) is 0 Å². The first-order valence-corrected chi connectivity index (χ1v) is 6.82. The molecular formula is C13H19BrClNO3. The van der Waals surface area contributed by atoms with E-state index in [0.717, 1.165) is 31.6 Å². The van der Waals surface area contributed by atoms with Gasteiger partial charge < -0.3 is 20.3 Å². The molecule has 1 fully saturated rings. The van der Waals surface area contributed by atoms with Crippen molar-refractivity contribution in [2.75, 3.05) is 20.3 Å². The minimum Gasteiger partial charge on any atom is -0.503 e. The average molecular weight is 353 g/mol. The molecule has 6 heteroatoms. The van der Waals surface area contributed by atoms with Crippen molar-refractivity contribution in [3.8, 4) is 11.5 Å². The normalized spacial score (nSPS) is 17.6. The highest BCUT2D eigenvalue weighted by Gasteiger charge is 2.23. The minimum absolute atomic E-state index is 0. The summed E-state index contributed by atoms with van der Waals surface area (Å²) in [6.45, 7) is 1.55. The maximum absolute atomic E-state index is 9.78. The Kier molecular flexibility index (Phi) is 6.39. The summed E-state index contributed by atoms with van der Waals surface area (Å²) >= 11 is 3.32. The Labute approximate surface area is 127 Å². The van der Waals surface area contributed by atoms with Gasteiger partial charge >= 0.3 is 0 Å². The Morgan fingerprint density at radius 1 is 1.42 bits per heavy atom. The zero-order valence-corrected chi connectivity index (χ0v) is 13.2. The molecule has 0 aliphatic carbocycles. The number of ether oxygens (including phenoxy) is 2. The number of halogens is 2. The third-order valence-electron chi connectivity index (χ3n) is 3.43. The third kappa shape index (κ3) is 3.75. The Balaban J connectivity index is 0.00000180. The second-order valence-corrected chi connectivity index (χ2v) is 5.38. The van der Waals surface area contributed by atoms with Crippen LogP contribution in [0, 0.1) is 5.92 Å². The molecule has 1 heterocycles. The van der Waals surface area contributed by atoms with Crippen molar-refractivity contribution in [2.24, 2.45) is 11.7 Å². The molecule has 108 valence electrons.